The molecule has 0 saturated carbocycles. The van der Waals surface area contributed by atoms with Crippen LogP contribution in [-0.4, -0.2) is 34.7 Å². The number of fused-ring (bicyclic) bond motifs is 1. The van der Waals surface area contributed by atoms with Crippen molar-refractivity contribution in [3.05, 3.63) is 70.8 Å². The van der Waals surface area contributed by atoms with Gasteiger partial charge in [-0.3, -0.25) is 9.59 Å². The summed E-state index contributed by atoms with van der Waals surface area (Å²) in [5, 5.41) is 0. The molecule has 0 N–H and O–H groups in total. The Morgan fingerprint density at radius 3 is 2.46 bits per heavy atom. The van der Waals surface area contributed by atoms with Gasteiger partial charge in [0, 0.05) is 39.5 Å². The van der Waals surface area contributed by atoms with Crippen molar-refractivity contribution in [2.24, 2.45) is 0 Å². The van der Waals surface area contributed by atoms with E-state index < -0.39 is 0 Å². The monoisotopic (exact) mass is 350 g/mol. The molecule has 0 aromatic heterocycles. The van der Waals surface area contributed by atoms with E-state index in [1.165, 1.54) is 11.1 Å². The summed E-state index contributed by atoms with van der Waals surface area (Å²) in [5.74, 6) is 0.126. The van der Waals surface area contributed by atoms with E-state index in [4.69, 9.17) is 0 Å². The molecule has 26 heavy (non-hydrogen) atoms. The van der Waals surface area contributed by atoms with Crippen molar-refractivity contribution < 1.29 is 9.59 Å². The van der Waals surface area contributed by atoms with E-state index in [0.717, 1.165) is 24.1 Å². The standard InChI is InChI=1S/C22H26N2O2/c1-17-7-3-4-9-20(17)15-23(18(2)25)14-12-22(26)24-13-11-19-8-5-6-10-21(19)16-24/h3-10H,11-16H2,1-2H3. The number of rotatable bonds is 5. The normalized spacial score (nSPS) is 13.2. The van der Waals surface area contributed by atoms with Gasteiger partial charge in [-0.1, -0.05) is 48.5 Å². The Hall–Kier alpha value is -2.62. The molecule has 1 heterocycles. The first-order valence-corrected chi connectivity index (χ1v) is 9.19. The average molecular weight is 350 g/mol. The number of amides is 2. The molecule has 0 aliphatic carbocycles. The van der Waals surface area contributed by atoms with Crippen LogP contribution in [-0.2, 0) is 29.1 Å². The summed E-state index contributed by atoms with van der Waals surface area (Å²) < 4.78 is 0. The van der Waals surface area contributed by atoms with Crippen LogP contribution >= 0.6 is 0 Å². The first kappa shape index (κ1) is 18.2. The van der Waals surface area contributed by atoms with E-state index in [0.29, 0.717) is 26.1 Å². The van der Waals surface area contributed by atoms with Crippen molar-refractivity contribution in [3.8, 4) is 0 Å². The molecule has 0 bridgehead atoms. The van der Waals surface area contributed by atoms with Gasteiger partial charge in [-0.15, -0.1) is 0 Å². The van der Waals surface area contributed by atoms with Crippen LogP contribution in [0.5, 0.6) is 0 Å². The molecule has 0 fully saturated rings. The molecule has 0 saturated heterocycles. The van der Waals surface area contributed by atoms with Crippen LogP contribution in [0.2, 0.25) is 0 Å². The second-order valence-corrected chi connectivity index (χ2v) is 6.95. The second kappa shape index (κ2) is 8.17. The Balaban J connectivity index is 1.58. The topological polar surface area (TPSA) is 40.6 Å². The predicted octanol–water partition coefficient (Wildman–Crippen LogP) is 3.32. The first-order chi connectivity index (χ1) is 12.5. The maximum absolute atomic E-state index is 12.6. The Labute approximate surface area is 155 Å². The van der Waals surface area contributed by atoms with E-state index in [2.05, 4.69) is 12.1 Å². The van der Waals surface area contributed by atoms with Gasteiger partial charge in [0.05, 0.1) is 0 Å². The molecule has 4 nitrogen and oxygen atoms in total. The van der Waals surface area contributed by atoms with Crippen LogP contribution in [0.25, 0.3) is 0 Å². The Kier molecular flexibility index (Phi) is 5.71. The minimum atomic E-state index is 0.00467. The lowest BCUT2D eigenvalue weighted by molar-refractivity contribution is -0.134. The lowest BCUT2D eigenvalue weighted by Crippen LogP contribution is -2.38. The van der Waals surface area contributed by atoms with Crippen molar-refractivity contribution in [2.45, 2.75) is 39.8 Å². The van der Waals surface area contributed by atoms with E-state index in [9.17, 15) is 9.59 Å². The molecule has 0 unspecified atom stereocenters. The molecule has 0 atom stereocenters. The molecule has 2 amide bonds. The fraction of sp³-hybridized carbons (Fsp3) is 0.364. The van der Waals surface area contributed by atoms with Crippen molar-refractivity contribution in [3.63, 3.8) is 0 Å². The predicted molar refractivity (Wildman–Crippen MR) is 102 cm³/mol. The van der Waals surface area contributed by atoms with Crippen LogP contribution in [0.3, 0.4) is 0 Å². The van der Waals surface area contributed by atoms with Crippen molar-refractivity contribution in [2.75, 3.05) is 13.1 Å². The highest BCUT2D eigenvalue weighted by molar-refractivity contribution is 5.78. The fourth-order valence-corrected chi connectivity index (χ4v) is 3.44. The summed E-state index contributed by atoms with van der Waals surface area (Å²) in [7, 11) is 0. The van der Waals surface area contributed by atoms with Crippen LogP contribution in [0.15, 0.2) is 48.5 Å². The number of carbonyl (C=O) groups is 2. The summed E-state index contributed by atoms with van der Waals surface area (Å²) in [4.78, 5) is 28.3. The highest BCUT2D eigenvalue weighted by Gasteiger charge is 2.21. The van der Waals surface area contributed by atoms with Gasteiger partial charge >= 0.3 is 0 Å². The summed E-state index contributed by atoms with van der Waals surface area (Å²) in [6.45, 7) is 6.06. The minimum absolute atomic E-state index is 0.00467. The minimum Gasteiger partial charge on any atom is -0.338 e. The van der Waals surface area contributed by atoms with Crippen LogP contribution in [0.1, 0.15) is 35.6 Å². The molecular weight excluding hydrogens is 324 g/mol. The molecule has 2 aromatic carbocycles. The molecule has 1 aliphatic rings. The molecule has 136 valence electrons. The summed E-state index contributed by atoms with van der Waals surface area (Å²) in [5.41, 5.74) is 4.86. The fourth-order valence-electron chi connectivity index (χ4n) is 3.44. The lowest BCUT2D eigenvalue weighted by Gasteiger charge is -2.30. The van der Waals surface area contributed by atoms with Crippen molar-refractivity contribution in [1.29, 1.82) is 0 Å². The van der Waals surface area contributed by atoms with Crippen molar-refractivity contribution in [1.82, 2.24) is 9.80 Å². The van der Waals surface area contributed by atoms with E-state index in [1.807, 2.05) is 48.2 Å². The second-order valence-electron chi connectivity index (χ2n) is 6.95. The van der Waals surface area contributed by atoms with Gasteiger partial charge in [0.1, 0.15) is 0 Å². The highest BCUT2D eigenvalue weighted by atomic mass is 16.2. The van der Waals surface area contributed by atoms with Gasteiger partial charge in [-0.25, -0.2) is 0 Å². The van der Waals surface area contributed by atoms with Crippen molar-refractivity contribution >= 4 is 11.8 Å². The smallest absolute Gasteiger partial charge is 0.224 e. The van der Waals surface area contributed by atoms with Crippen LogP contribution in [0.4, 0.5) is 0 Å². The van der Waals surface area contributed by atoms with Gasteiger partial charge in [-0.05, 0) is 35.6 Å². The largest absolute Gasteiger partial charge is 0.338 e. The highest BCUT2D eigenvalue weighted by Crippen LogP contribution is 2.19. The summed E-state index contributed by atoms with van der Waals surface area (Å²) >= 11 is 0. The molecule has 0 radical (unpaired) electrons. The summed E-state index contributed by atoms with van der Waals surface area (Å²) in [6, 6.07) is 16.4. The molecule has 2 aromatic rings. The van der Waals surface area contributed by atoms with Gasteiger partial charge in [0.15, 0.2) is 0 Å². The number of nitrogens with zero attached hydrogens (tertiary/aromatic N) is 2. The number of aryl methyl sites for hydroxylation is 1. The Morgan fingerprint density at radius 2 is 1.73 bits per heavy atom. The first-order valence-electron chi connectivity index (χ1n) is 9.19. The van der Waals surface area contributed by atoms with Gasteiger partial charge < -0.3 is 9.80 Å². The zero-order valence-corrected chi connectivity index (χ0v) is 15.6. The average Bonchev–Trinajstić information content (AvgIpc) is 2.65. The zero-order valence-electron chi connectivity index (χ0n) is 15.6. The maximum atomic E-state index is 12.6. The van der Waals surface area contributed by atoms with Crippen LogP contribution in [0, 0.1) is 6.92 Å². The molecule has 4 heteroatoms. The van der Waals surface area contributed by atoms with Gasteiger partial charge in [-0.2, -0.15) is 0 Å². The third-order valence-electron chi connectivity index (χ3n) is 5.15. The van der Waals surface area contributed by atoms with Gasteiger partial charge in [0.2, 0.25) is 11.8 Å². The summed E-state index contributed by atoms with van der Waals surface area (Å²) in [6.07, 6.45) is 1.27. The maximum Gasteiger partial charge on any atom is 0.224 e. The van der Waals surface area contributed by atoms with Gasteiger partial charge in [0.25, 0.3) is 0 Å². The Bertz CT molecular complexity index is 800. The van der Waals surface area contributed by atoms with E-state index in [-0.39, 0.29) is 11.8 Å². The lowest BCUT2D eigenvalue weighted by atomic mass is 10.00. The molecule has 0 spiro atoms. The quantitative estimate of drug-likeness (QED) is 0.830. The number of carbonyl (C=O) groups excluding carboxylic acids is 2. The third kappa shape index (κ3) is 4.31. The third-order valence-corrected chi connectivity index (χ3v) is 5.15. The SMILES string of the molecule is CC(=O)N(CCC(=O)N1CCc2ccccc2C1)Cc1ccccc1C. The number of benzene rings is 2. The number of hydrogen-bond donors (Lipinski definition) is 0. The van der Waals surface area contributed by atoms with E-state index in [1.54, 1.807) is 11.8 Å². The molecule has 3 rings (SSSR count). The Morgan fingerprint density at radius 1 is 1.04 bits per heavy atom. The molecule has 1 aliphatic heterocycles. The molecular formula is C22H26N2O2. The van der Waals surface area contributed by atoms with E-state index >= 15 is 0 Å². The number of hydrogen-bond acceptors (Lipinski definition) is 2. The van der Waals surface area contributed by atoms with Crippen LogP contribution < -0.4 is 0 Å². The zero-order chi connectivity index (χ0) is 18.5.